The molecule has 2 N–H and O–H groups in total. The maximum Gasteiger partial charge on any atom is 0.255 e. The molecule has 2 aromatic carbocycles. The molecule has 126 valence electrons. The summed E-state index contributed by atoms with van der Waals surface area (Å²) in [7, 11) is 0. The van der Waals surface area contributed by atoms with E-state index in [4.69, 9.17) is 34.8 Å². The number of hydrogen-bond acceptors (Lipinski definition) is 2. The maximum absolute atomic E-state index is 12.3. The second-order valence-corrected chi connectivity index (χ2v) is 6.30. The van der Waals surface area contributed by atoms with Crippen LogP contribution in [0.15, 0.2) is 36.4 Å². The molecular formula is C17H15Cl3N2O2. The minimum absolute atomic E-state index is 0.0958. The molecular weight excluding hydrogens is 371 g/mol. The average Bonchev–Trinajstić information content (AvgIpc) is 2.53. The molecule has 0 aliphatic rings. The van der Waals surface area contributed by atoms with Crippen LogP contribution in [0.25, 0.3) is 0 Å². The number of benzene rings is 2. The van der Waals surface area contributed by atoms with Gasteiger partial charge in [-0.05, 0) is 42.8 Å². The summed E-state index contributed by atoms with van der Waals surface area (Å²) in [6, 6.07) is 9.45. The Morgan fingerprint density at radius 2 is 1.62 bits per heavy atom. The molecule has 0 radical (unpaired) electrons. The molecule has 2 rings (SSSR count). The van der Waals surface area contributed by atoms with Gasteiger partial charge in [-0.2, -0.15) is 0 Å². The first-order valence-corrected chi connectivity index (χ1v) is 8.40. The molecule has 0 spiro atoms. The molecule has 2 amide bonds. The monoisotopic (exact) mass is 384 g/mol. The maximum atomic E-state index is 12.3. The van der Waals surface area contributed by atoms with Gasteiger partial charge < -0.3 is 10.6 Å². The fourth-order valence-corrected chi connectivity index (χ4v) is 2.44. The first kappa shape index (κ1) is 18.6. The van der Waals surface area contributed by atoms with Gasteiger partial charge in [0.05, 0.1) is 20.8 Å². The van der Waals surface area contributed by atoms with Crippen LogP contribution in [0.5, 0.6) is 0 Å². The van der Waals surface area contributed by atoms with Crippen molar-refractivity contribution in [1.82, 2.24) is 0 Å². The van der Waals surface area contributed by atoms with Crippen molar-refractivity contribution in [3.05, 3.63) is 57.0 Å². The number of halogens is 3. The average molecular weight is 386 g/mol. The first-order valence-electron chi connectivity index (χ1n) is 7.26. The quantitative estimate of drug-likeness (QED) is 0.700. The Labute approximate surface area is 155 Å². The minimum atomic E-state index is -0.382. The third-order valence-corrected chi connectivity index (χ3v) is 4.23. The second-order valence-electron chi connectivity index (χ2n) is 5.08. The van der Waals surface area contributed by atoms with Crippen LogP contribution in [0.1, 0.15) is 30.1 Å². The van der Waals surface area contributed by atoms with E-state index in [9.17, 15) is 9.59 Å². The Bertz CT molecular complexity index is 778. The van der Waals surface area contributed by atoms with Gasteiger partial charge >= 0.3 is 0 Å². The first-order chi connectivity index (χ1) is 11.4. The third-order valence-electron chi connectivity index (χ3n) is 3.16. The molecule has 0 aromatic heterocycles. The number of carbonyl (C=O) groups is 2. The topological polar surface area (TPSA) is 58.2 Å². The van der Waals surface area contributed by atoms with E-state index in [1.165, 1.54) is 6.07 Å². The lowest BCUT2D eigenvalue weighted by Crippen LogP contribution is -2.14. The van der Waals surface area contributed by atoms with Crippen LogP contribution in [0.3, 0.4) is 0 Å². The van der Waals surface area contributed by atoms with E-state index < -0.39 is 0 Å². The fourth-order valence-electron chi connectivity index (χ4n) is 1.98. The zero-order valence-electron chi connectivity index (χ0n) is 12.8. The largest absolute Gasteiger partial charge is 0.326 e. The van der Waals surface area contributed by atoms with Crippen LogP contribution in [0.4, 0.5) is 11.4 Å². The summed E-state index contributed by atoms with van der Waals surface area (Å²) in [5, 5.41) is 6.46. The minimum Gasteiger partial charge on any atom is -0.326 e. The highest BCUT2D eigenvalue weighted by Crippen LogP contribution is 2.27. The van der Waals surface area contributed by atoms with Crippen molar-refractivity contribution in [3.8, 4) is 0 Å². The van der Waals surface area contributed by atoms with E-state index in [1.54, 1.807) is 30.3 Å². The van der Waals surface area contributed by atoms with Crippen molar-refractivity contribution >= 4 is 58.0 Å². The molecule has 0 heterocycles. The van der Waals surface area contributed by atoms with Gasteiger partial charge in [-0.1, -0.05) is 41.7 Å². The van der Waals surface area contributed by atoms with E-state index >= 15 is 0 Å². The van der Waals surface area contributed by atoms with Gasteiger partial charge in [-0.25, -0.2) is 0 Å². The Morgan fingerprint density at radius 1 is 0.917 bits per heavy atom. The molecule has 0 bridgehead atoms. The number of hydrogen-bond donors (Lipinski definition) is 2. The Hall–Kier alpha value is -1.75. The van der Waals surface area contributed by atoms with Crippen LogP contribution < -0.4 is 10.6 Å². The van der Waals surface area contributed by atoms with Gasteiger partial charge in [0.1, 0.15) is 0 Å². The summed E-state index contributed by atoms with van der Waals surface area (Å²) in [5.41, 5.74) is 1.30. The lowest BCUT2D eigenvalue weighted by Gasteiger charge is -2.11. The van der Waals surface area contributed by atoms with Crippen molar-refractivity contribution in [3.63, 3.8) is 0 Å². The molecule has 7 heteroatoms. The fraction of sp³-hybridized carbons (Fsp3) is 0.176. The van der Waals surface area contributed by atoms with Crippen LogP contribution in [0, 0.1) is 0 Å². The Morgan fingerprint density at radius 3 is 2.29 bits per heavy atom. The summed E-state index contributed by atoms with van der Waals surface area (Å²) in [5.74, 6) is -0.478. The van der Waals surface area contributed by atoms with Crippen molar-refractivity contribution in [2.75, 3.05) is 10.6 Å². The highest BCUT2D eigenvalue weighted by atomic mass is 35.5. The summed E-state index contributed by atoms with van der Waals surface area (Å²) in [6.45, 7) is 1.92. The SMILES string of the molecule is CCCC(=O)Nc1ccc(Cl)c(NC(=O)c2ccc(Cl)c(Cl)c2)c1. The van der Waals surface area contributed by atoms with Crippen LogP contribution in [-0.4, -0.2) is 11.8 Å². The lowest BCUT2D eigenvalue weighted by atomic mass is 10.2. The van der Waals surface area contributed by atoms with E-state index in [-0.39, 0.29) is 16.8 Å². The summed E-state index contributed by atoms with van der Waals surface area (Å²) >= 11 is 17.9. The molecule has 0 saturated heterocycles. The molecule has 0 fully saturated rings. The molecule has 0 aliphatic heterocycles. The predicted octanol–water partition coefficient (Wildman–Crippen LogP) is 5.64. The van der Waals surface area contributed by atoms with E-state index in [0.29, 0.717) is 33.4 Å². The van der Waals surface area contributed by atoms with Crippen LogP contribution >= 0.6 is 34.8 Å². The highest BCUT2D eigenvalue weighted by molar-refractivity contribution is 6.42. The molecule has 0 aliphatic carbocycles. The third kappa shape index (κ3) is 4.87. The standard InChI is InChI=1S/C17H15Cl3N2O2/c1-2-3-16(23)21-11-5-7-13(19)15(9-11)22-17(24)10-4-6-12(18)14(20)8-10/h4-9H,2-3H2,1H3,(H,21,23)(H,22,24). The van der Waals surface area contributed by atoms with Gasteiger partial charge in [0.25, 0.3) is 5.91 Å². The van der Waals surface area contributed by atoms with Gasteiger partial charge in [-0.3, -0.25) is 9.59 Å². The Balaban J connectivity index is 2.17. The zero-order valence-corrected chi connectivity index (χ0v) is 15.1. The summed E-state index contributed by atoms with van der Waals surface area (Å²) in [4.78, 5) is 24.0. The van der Waals surface area contributed by atoms with Gasteiger partial charge in [0, 0.05) is 17.7 Å². The van der Waals surface area contributed by atoms with Crippen molar-refractivity contribution in [2.45, 2.75) is 19.8 Å². The normalized spacial score (nSPS) is 10.3. The van der Waals surface area contributed by atoms with Crippen LogP contribution in [0.2, 0.25) is 15.1 Å². The number of amides is 2. The molecule has 4 nitrogen and oxygen atoms in total. The number of nitrogens with one attached hydrogen (secondary N) is 2. The van der Waals surface area contributed by atoms with Gasteiger partial charge in [0.2, 0.25) is 5.91 Å². The highest BCUT2D eigenvalue weighted by Gasteiger charge is 2.11. The number of rotatable bonds is 5. The Kier molecular flexibility index (Phi) is 6.49. The molecule has 2 aromatic rings. The summed E-state index contributed by atoms with van der Waals surface area (Å²) in [6.07, 6.45) is 1.17. The zero-order chi connectivity index (χ0) is 17.7. The molecule has 24 heavy (non-hydrogen) atoms. The number of carbonyl (C=O) groups excluding carboxylic acids is 2. The molecule has 0 saturated carbocycles. The van der Waals surface area contributed by atoms with Crippen molar-refractivity contribution in [1.29, 1.82) is 0 Å². The predicted molar refractivity (Wildman–Crippen MR) is 99.4 cm³/mol. The van der Waals surface area contributed by atoms with Crippen LogP contribution in [-0.2, 0) is 4.79 Å². The molecule has 0 atom stereocenters. The lowest BCUT2D eigenvalue weighted by molar-refractivity contribution is -0.116. The van der Waals surface area contributed by atoms with Crippen molar-refractivity contribution in [2.24, 2.45) is 0 Å². The number of anilines is 2. The smallest absolute Gasteiger partial charge is 0.255 e. The van der Waals surface area contributed by atoms with E-state index in [2.05, 4.69) is 10.6 Å². The van der Waals surface area contributed by atoms with E-state index in [0.717, 1.165) is 6.42 Å². The summed E-state index contributed by atoms with van der Waals surface area (Å²) < 4.78 is 0. The van der Waals surface area contributed by atoms with E-state index in [1.807, 2.05) is 6.92 Å². The molecule has 0 unspecified atom stereocenters. The van der Waals surface area contributed by atoms with Gasteiger partial charge in [-0.15, -0.1) is 0 Å². The van der Waals surface area contributed by atoms with Gasteiger partial charge in [0.15, 0.2) is 0 Å². The van der Waals surface area contributed by atoms with Crippen molar-refractivity contribution < 1.29 is 9.59 Å². The second kappa shape index (κ2) is 8.38.